The fraction of sp³-hybridized carbons (Fsp3) is 0.471. The Balaban J connectivity index is 1.42. The lowest BCUT2D eigenvalue weighted by atomic mass is 10.2. The molecule has 3 heterocycles. The second kappa shape index (κ2) is 8.14. The summed E-state index contributed by atoms with van der Waals surface area (Å²) in [5, 5.41) is 3.75. The average Bonchev–Trinajstić information content (AvgIpc) is 3.22. The normalized spacial score (nSPS) is 14.8. The van der Waals surface area contributed by atoms with Crippen molar-refractivity contribution in [2.75, 3.05) is 26.2 Å². The molecule has 0 atom stereocenters. The van der Waals surface area contributed by atoms with Gasteiger partial charge < -0.3 is 14.3 Å². The number of hydrogen-bond acceptors (Lipinski definition) is 5. The molecule has 1 aliphatic rings. The first-order valence-corrected chi connectivity index (χ1v) is 9.88. The highest BCUT2D eigenvalue weighted by Crippen LogP contribution is 2.23. The molecule has 1 fully saturated rings. The van der Waals surface area contributed by atoms with Crippen LogP contribution in [0.25, 0.3) is 0 Å². The molecule has 0 bridgehead atoms. The molecule has 6 nitrogen and oxygen atoms in total. The van der Waals surface area contributed by atoms with Crippen molar-refractivity contribution >= 4 is 39.1 Å². The number of hydrogen-bond donors (Lipinski definition) is 0. The Hall–Kier alpha value is -1.67. The molecule has 0 spiro atoms. The zero-order valence-corrected chi connectivity index (χ0v) is 16.4. The van der Waals surface area contributed by atoms with Crippen LogP contribution in [0.5, 0.6) is 0 Å². The molecule has 2 aromatic rings. The summed E-state index contributed by atoms with van der Waals surface area (Å²) in [6.45, 7) is 3.99. The molecule has 0 aromatic carbocycles. The highest BCUT2D eigenvalue weighted by molar-refractivity contribution is 9.11. The van der Waals surface area contributed by atoms with Gasteiger partial charge in [-0.25, -0.2) is 0 Å². The molecule has 0 saturated carbocycles. The zero-order valence-electron chi connectivity index (χ0n) is 14.0. The fourth-order valence-electron chi connectivity index (χ4n) is 2.84. The van der Waals surface area contributed by atoms with E-state index in [2.05, 4.69) is 27.2 Å². The van der Waals surface area contributed by atoms with E-state index in [9.17, 15) is 9.59 Å². The van der Waals surface area contributed by atoms with Crippen molar-refractivity contribution in [1.82, 2.24) is 15.0 Å². The van der Waals surface area contributed by atoms with E-state index in [4.69, 9.17) is 4.52 Å². The minimum Gasteiger partial charge on any atom is -0.351 e. The first-order chi connectivity index (χ1) is 12.0. The molecular weight excluding hydrogens is 406 g/mol. The topological polar surface area (TPSA) is 66.7 Å². The van der Waals surface area contributed by atoms with Crippen molar-refractivity contribution in [3.8, 4) is 0 Å². The maximum Gasteiger partial charge on any atom is 0.292 e. The van der Waals surface area contributed by atoms with E-state index < -0.39 is 0 Å². The van der Waals surface area contributed by atoms with E-state index in [1.165, 1.54) is 4.88 Å². The number of carbonyl (C=O) groups is 2. The van der Waals surface area contributed by atoms with Crippen molar-refractivity contribution in [3.05, 3.63) is 38.3 Å². The lowest BCUT2D eigenvalue weighted by Crippen LogP contribution is -2.50. The Morgan fingerprint density at radius 3 is 2.56 bits per heavy atom. The predicted molar refractivity (Wildman–Crippen MR) is 98.7 cm³/mol. The summed E-state index contributed by atoms with van der Waals surface area (Å²) in [7, 11) is 0. The summed E-state index contributed by atoms with van der Waals surface area (Å²) in [6.07, 6.45) is 2.32. The minimum absolute atomic E-state index is 0.157. The van der Waals surface area contributed by atoms with Gasteiger partial charge in [-0.05, 0) is 47.8 Å². The monoisotopic (exact) mass is 425 g/mol. The summed E-state index contributed by atoms with van der Waals surface area (Å²) in [5.41, 5.74) is 0.690. The van der Waals surface area contributed by atoms with Crippen LogP contribution in [-0.2, 0) is 11.2 Å². The second-order valence-electron chi connectivity index (χ2n) is 6.06. The van der Waals surface area contributed by atoms with E-state index in [-0.39, 0.29) is 17.6 Å². The van der Waals surface area contributed by atoms with Crippen LogP contribution >= 0.6 is 27.3 Å². The van der Waals surface area contributed by atoms with E-state index in [0.29, 0.717) is 38.3 Å². The third-order valence-electron chi connectivity index (χ3n) is 4.20. The summed E-state index contributed by atoms with van der Waals surface area (Å²) < 4.78 is 6.15. The zero-order chi connectivity index (χ0) is 17.8. The van der Waals surface area contributed by atoms with Crippen molar-refractivity contribution in [1.29, 1.82) is 0 Å². The number of piperazine rings is 1. The van der Waals surface area contributed by atoms with Gasteiger partial charge in [0, 0.05) is 43.5 Å². The van der Waals surface area contributed by atoms with Gasteiger partial charge in [0.25, 0.3) is 5.91 Å². The first-order valence-electron chi connectivity index (χ1n) is 8.27. The molecule has 2 amide bonds. The molecule has 0 radical (unpaired) electrons. The lowest BCUT2D eigenvalue weighted by Gasteiger charge is -2.34. The summed E-state index contributed by atoms with van der Waals surface area (Å²) in [4.78, 5) is 29.5. The largest absolute Gasteiger partial charge is 0.351 e. The van der Waals surface area contributed by atoms with E-state index in [1.807, 2.05) is 11.0 Å². The predicted octanol–water partition coefficient (Wildman–Crippen LogP) is 3.11. The molecule has 0 N–H and O–H groups in total. The van der Waals surface area contributed by atoms with Crippen molar-refractivity contribution < 1.29 is 14.1 Å². The van der Waals surface area contributed by atoms with Gasteiger partial charge in [-0.2, -0.15) is 0 Å². The van der Waals surface area contributed by atoms with Gasteiger partial charge in [-0.3, -0.25) is 9.59 Å². The summed E-state index contributed by atoms with van der Waals surface area (Å²) in [5.74, 6) is 0.272. The smallest absolute Gasteiger partial charge is 0.292 e. The van der Waals surface area contributed by atoms with Gasteiger partial charge in [0.2, 0.25) is 11.7 Å². The van der Waals surface area contributed by atoms with Gasteiger partial charge >= 0.3 is 0 Å². The number of aryl methyl sites for hydroxylation is 2. The van der Waals surface area contributed by atoms with Crippen molar-refractivity contribution in [2.24, 2.45) is 0 Å². The molecule has 25 heavy (non-hydrogen) atoms. The molecule has 8 heteroatoms. The number of nitrogens with zero attached hydrogens (tertiary/aromatic N) is 3. The third-order valence-corrected chi connectivity index (χ3v) is 5.88. The Kier molecular flexibility index (Phi) is 5.90. The van der Waals surface area contributed by atoms with Crippen LogP contribution in [0.2, 0.25) is 0 Å². The molecular formula is C17H20BrN3O3S. The van der Waals surface area contributed by atoms with Crippen molar-refractivity contribution in [3.63, 3.8) is 0 Å². The van der Waals surface area contributed by atoms with Crippen LogP contribution in [0, 0.1) is 6.92 Å². The highest BCUT2D eigenvalue weighted by Gasteiger charge is 2.26. The van der Waals surface area contributed by atoms with Gasteiger partial charge in [-0.15, -0.1) is 11.3 Å². The summed E-state index contributed by atoms with van der Waals surface area (Å²) in [6, 6.07) is 5.77. The molecule has 0 aliphatic carbocycles. The maximum atomic E-state index is 12.3. The number of aromatic nitrogens is 1. The SMILES string of the molecule is Cc1cc(C(=O)N2CCN(C(=O)CCCc3ccc(Br)s3)CC2)on1. The van der Waals surface area contributed by atoms with Gasteiger partial charge in [0.15, 0.2) is 0 Å². The van der Waals surface area contributed by atoms with E-state index >= 15 is 0 Å². The highest BCUT2D eigenvalue weighted by atomic mass is 79.9. The van der Waals surface area contributed by atoms with E-state index in [0.717, 1.165) is 16.6 Å². The van der Waals surface area contributed by atoms with Gasteiger partial charge in [0.05, 0.1) is 9.48 Å². The lowest BCUT2D eigenvalue weighted by molar-refractivity contribution is -0.132. The van der Waals surface area contributed by atoms with Gasteiger partial charge in [-0.1, -0.05) is 5.16 Å². The fourth-order valence-corrected chi connectivity index (χ4v) is 4.36. The molecule has 1 aliphatic heterocycles. The number of carbonyl (C=O) groups excluding carboxylic acids is 2. The number of thiophene rings is 1. The first kappa shape index (κ1) is 18.1. The van der Waals surface area contributed by atoms with Crippen LogP contribution in [0.15, 0.2) is 26.5 Å². The molecule has 134 valence electrons. The summed E-state index contributed by atoms with van der Waals surface area (Å²) >= 11 is 5.16. The molecule has 1 saturated heterocycles. The van der Waals surface area contributed by atoms with E-state index in [1.54, 1.807) is 29.2 Å². The molecule has 3 rings (SSSR count). The van der Waals surface area contributed by atoms with Crippen LogP contribution in [-0.4, -0.2) is 52.9 Å². The van der Waals surface area contributed by atoms with Crippen molar-refractivity contribution in [2.45, 2.75) is 26.2 Å². The maximum absolute atomic E-state index is 12.3. The van der Waals surface area contributed by atoms with Crippen LogP contribution in [0.1, 0.15) is 34.0 Å². The Morgan fingerprint density at radius 1 is 1.24 bits per heavy atom. The Morgan fingerprint density at radius 2 is 1.96 bits per heavy atom. The van der Waals surface area contributed by atoms with Crippen LogP contribution in [0.3, 0.4) is 0 Å². The van der Waals surface area contributed by atoms with Crippen LogP contribution in [0.4, 0.5) is 0 Å². The average molecular weight is 426 g/mol. The third kappa shape index (κ3) is 4.70. The standard InChI is InChI=1S/C17H20BrN3O3S/c1-12-11-14(24-19-12)17(23)21-9-7-20(8-10-21)16(22)4-2-3-13-5-6-15(18)25-13/h5-6,11H,2-4,7-10H2,1H3. The number of amides is 2. The number of halogens is 1. The van der Waals surface area contributed by atoms with Gasteiger partial charge in [0.1, 0.15) is 0 Å². The second-order valence-corrected chi connectivity index (χ2v) is 8.61. The Bertz CT molecular complexity index is 750. The number of rotatable bonds is 5. The Labute approximate surface area is 158 Å². The molecule has 0 unspecified atom stereocenters. The van der Waals surface area contributed by atoms with Crippen LogP contribution < -0.4 is 0 Å². The minimum atomic E-state index is -0.157. The molecule has 2 aromatic heterocycles. The quantitative estimate of drug-likeness (QED) is 0.737.